The molecule has 4 aromatic rings. The van der Waals surface area contributed by atoms with E-state index in [1.165, 1.54) is 10.0 Å². The van der Waals surface area contributed by atoms with Gasteiger partial charge in [0, 0.05) is 24.9 Å². The third-order valence-corrected chi connectivity index (χ3v) is 6.71. The maximum atomic E-state index is 13.6. The summed E-state index contributed by atoms with van der Waals surface area (Å²) >= 11 is 0. The second-order valence-electron chi connectivity index (χ2n) is 8.63. The van der Waals surface area contributed by atoms with Gasteiger partial charge in [-0.15, -0.1) is 0 Å². The maximum Gasteiger partial charge on any atom is 0.280 e. The molecule has 0 radical (unpaired) electrons. The lowest BCUT2D eigenvalue weighted by Gasteiger charge is -2.38. The van der Waals surface area contributed by atoms with E-state index in [9.17, 15) is 19.2 Å². The SMILES string of the molecule is CN(c1ccccc1)N1C(=O)c2ccc3c4c(ccc(c24)C1=O)C(=O)N(N(C)c1ccccc1)C3=O. The van der Waals surface area contributed by atoms with E-state index in [0.717, 1.165) is 10.0 Å². The number of amides is 4. The van der Waals surface area contributed by atoms with E-state index in [0.29, 0.717) is 22.1 Å². The van der Waals surface area contributed by atoms with E-state index in [1.807, 2.05) is 36.4 Å². The summed E-state index contributed by atoms with van der Waals surface area (Å²) in [6.07, 6.45) is 0. The first-order valence-electron chi connectivity index (χ1n) is 11.3. The van der Waals surface area contributed by atoms with Crippen molar-refractivity contribution in [1.29, 1.82) is 0 Å². The fraction of sp³-hybridized carbons (Fsp3) is 0.0714. The molecule has 2 aliphatic rings. The summed E-state index contributed by atoms with van der Waals surface area (Å²) < 4.78 is 0. The van der Waals surface area contributed by atoms with Crippen LogP contribution in [0.15, 0.2) is 84.9 Å². The van der Waals surface area contributed by atoms with Crippen LogP contribution in [0.4, 0.5) is 11.4 Å². The Morgan fingerprint density at radius 1 is 0.444 bits per heavy atom. The fourth-order valence-corrected chi connectivity index (χ4v) is 4.91. The van der Waals surface area contributed by atoms with Crippen molar-refractivity contribution in [2.24, 2.45) is 0 Å². The average Bonchev–Trinajstić information content (AvgIpc) is 2.91. The Labute approximate surface area is 206 Å². The molecule has 176 valence electrons. The minimum absolute atomic E-state index is 0.262. The Balaban J connectivity index is 1.49. The number of carbonyl (C=O) groups is 4. The average molecular weight is 476 g/mol. The highest BCUT2D eigenvalue weighted by Gasteiger charge is 2.42. The van der Waals surface area contributed by atoms with Gasteiger partial charge in [0.2, 0.25) is 0 Å². The molecule has 0 spiro atoms. The Bertz CT molecular complexity index is 1410. The Morgan fingerprint density at radius 2 is 0.722 bits per heavy atom. The van der Waals surface area contributed by atoms with Gasteiger partial charge >= 0.3 is 0 Å². The van der Waals surface area contributed by atoms with Crippen LogP contribution in [0.1, 0.15) is 41.4 Å². The van der Waals surface area contributed by atoms with E-state index < -0.39 is 23.6 Å². The van der Waals surface area contributed by atoms with Crippen molar-refractivity contribution >= 4 is 45.8 Å². The molecule has 6 rings (SSSR count). The first-order valence-corrected chi connectivity index (χ1v) is 11.3. The molecule has 0 bridgehead atoms. The van der Waals surface area contributed by atoms with Gasteiger partial charge in [-0.25, -0.2) is 0 Å². The van der Waals surface area contributed by atoms with Crippen molar-refractivity contribution in [3.8, 4) is 0 Å². The van der Waals surface area contributed by atoms with Crippen LogP contribution in [0, 0.1) is 0 Å². The predicted molar refractivity (Wildman–Crippen MR) is 135 cm³/mol. The largest absolute Gasteiger partial charge is 0.280 e. The van der Waals surface area contributed by atoms with Gasteiger partial charge in [-0.1, -0.05) is 36.4 Å². The highest BCUT2D eigenvalue weighted by molar-refractivity contribution is 6.33. The number of para-hydroxylation sites is 2. The van der Waals surface area contributed by atoms with Gasteiger partial charge in [0.25, 0.3) is 23.6 Å². The molecule has 0 atom stereocenters. The van der Waals surface area contributed by atoms with Gasteiger partial charge in [0.15, 0.2) is 0 Å². The number of benzene rings is 4. The zero-order valence-electron chi connectivity index (χ0n) is 19.5. The highest BCUT2D eigenvalue weighted by Crippen LogP contribution is 2.39. The molecular formula is C28H20N4O4. The number of rotatable bonds is 4. The molecule has 0 N–H and O–H groups in total. The molecule has 8 nitrogen and oxygen atoms in total. The zero-order valence-corrected chi connectivity index (χ0v) is 19.5. The molecular weight excluding hydrogens is 456 g/mol. The van der Waals surface area contributed by atoms with Crippen LogP contribution in [0.25, 0.3) is 10.8 Å². The third-order valence-electron chi connectivity index (χ3n) is 6.71. The summed E-state index contributed by atoms with van der Waals surface area (Å²) in [5.41, 5.74) is 2.38. The van der Waals surface area contributed by atoms with Gasteiger partial charge in [0.1, 0.15) is 0 Å². The van der Waals surface area contributed by atoms with E-state index in [2.05, 4.69) is 0 Å². The van der Waals surface area contributed by atoms with Crippen molar-refractivity contribution in [2.45, 2.75) is 0 Å². The molecule has 0 aliphatic carbocycles. The van der Waals surface area contributed by atoms with Gasteiger partial charge in [0.05, 0.1) is 33.6 Å². The normalized spacial score (nSPS) is 14.5. The summed E-state index contributed by atoms with van der Waals surface area (Å²) in [6, 6.07) is 24.4. The summed E-state index contributed by atoms with van der Waals surface area (Å²) in [5.74, 6) is -2.09. The third kappa shape index (κ3) is 2.88. The number of hydrazine groups is 2. The second kappa shape index (κ2) is 7.78. The van der Waals surface area contributed by atoms with E-state index >= 15 is 0 Å². The number of anilines is 2. The Morgan fingerprint density at radius 3 is 1.00 bits per heavy atom. The first kappa shape index (κ1) is 21.5. The summed E-state index contributed by atoms with van der Waals surface area (Å²) in [6.45, 7) is 0. The summed E-state index contributed by atoms with van der Waals surface area (Å²) in [7, 11) is 3.28. The topological polar surface area (TPSA) is 81.2 Å². The van der Waals surface area contributed by atoms with Crippen LogP contribution in [0.2, 0.25) is 0 Å². The molecule has 2 aliphatic heterocycles. The van der Waals surface area contributed by atoms with Crippen LogP contribution in [-0.4, -0.2) is 47.7 Å². The highest BCUT2D eigenvalue weighted by atomic mass is 16.2. The van der Waals surface area contributed by atoms with Gasteiger partial charge in [-0.3, -0.25) is 29.2 Å². The minimum Gasteiger partial charge on any atom is -0.278 e. The van der Waals surface area contributed by atoms with Gasteiger partial charge < -0.3 is 0 Å². The molecule has 2 heterocycles. The number of carbonyl (C=O) groups excluding carboxylic acids is 4. The standard InChI is InChI=1S/C28H20N4O4/c1-29(17-9-5-3-6-10-17)31-25(33)19-13-15-21-24-22(16-14-20(23(19)24)26(31)34)28(36)32(27(21)35)30(2)18-11-7-4-8-12-18/h3-16H,1-2H3. The van der Waals surface area contributed by atoms with Crippen molar-refractivity contribution in [3.63, 3.8) is 0 Å². The Kier molecular flexibility index (Phi) is 4.65. The van der Waals surface area contributed by atoms with Crippen LogP contribution in [0.5, 0.6) is 0 Å². The number of imide groups is 2. The molecule has 0 unspecified atom stereocenters. The minimum atomic E-state index is -0.522. The van der Waals surface area contributed by atoms with Crippen LogP contribution in [0.3, 0.4) is 0 Å². The Hall–Kier alpha value is -4.98. The van der Waals surface area contributed by atoms with E-state index in [1.54, 1.807) is 62.6 Å². The lowest BCUT2D eigenvalue weighted by atomic mass is 9.86. The van der Waals surface area contributed by atoms with E-state index in [4.69, 9.17) is 0 Å². The van der Waals surface area contributed by atoms with Crippen LogP contribution < -0.4 is 10.0 Å². The molecule has 0 saturated carbocycles. The molecule has 0 saturated heterocycles. The fourth-order valence-electron chi connectivity index (χ4n) is 4.91. The number of nitrogens with zero attached hydrogens (tertiary/aromatic N) is 4. The monoisotopic (exact) mass is 476 g/mol. The quantitative estimate of drug-likeness (QED) is 0.412. The first-order chi connectivity index (χ1) is 17.4. The smallest absolute Gasteiger partial charge is 0.278 e. The molecule has 8 heteroatoms. The molecule has 4 amide bonds. The molecule has 0 aromatic heterocycles. The molecule has 4 aromatic carbocycles. The number of hydrogen-bond acceptors (Lipinski definition) is 6. The predicted octanol–water partition coefficient (Wildman–Crippen LogP) is 4.13. The van der Waals surface area contributed by atoms with E-state index in [-0.39, 0.29) is 22.3 Å². The van der Waals surface area contributed by atoms with Crippen LogP contribution in [-0.2, 0) is 0 Å². The number of hydrogen-bond donors (Lipinski definition) is 0. The lowest BCUT2D eigenvalue weighted by molar-refractivity contribution is 0.0578. The van der Waals surface area contributed by atoms with Gasteiger partial charge in [-0.2, -0.15) is 10.0 Å². The van der Waals surface area contributed by atoms with Gasteiger partial charge in [-0.05, 0) is 48.5 Å². The van der Waals surface area contributed by atoms with Crippen molar-refractivity contribution < 1.29 is 19.2 Å². The van der Waals surface area contributed by atoms with Crippen LogP contribution >= 0.6 is 0 Å². The maximum absolute atomic E-state index is 13.6. The molecule has 0 fully saturated rings. The lowest BCUT2D eigenvalue weighted by Crippen LogP contribution is -2.52. The van der Waals surface area contributed by atoms with Crippen molar-refractivity contribution in [1.82, 2.24) is 10.0 Å². The zero-order chi connectivity index (χ0) is 25.1. The molecule has 36 heavy (non-hydrogen) atoms. The summed E-state index contributed by atoms with van der Waals surface area (Å²) in [5, 5.41) is 5.83. The second-order valence-corrected chi connectivity index (χ2v) is 8.63. The van der Waals surface area contributed by atoms with Crippen molar-refractivity contribution in [2.75, 3.05) is 24.1 Å². The van der Waals surface area contributed by atoms with Crippen molar-refractivity contribution in [3.05, 3.63) is 107 Å². The summed E-state index contributed by atoms with van der Waals surface area (Å²) in [4.78, 5) is 54.2.